The van der Waals surface area contributed by atoms with Crippen LogP contribution in [0.5, 0.6) is 5.75 Å². The predicted octanol–water partition coefficient (Wildman–Crippen LogP) is 4.20. The van der Waals surface area contributed by atoms with Crippen LogP contribution in [0.15, 0.2) is 71.9 Å². The van der Waals surface area contributed by atoms with E-state index in [9.17, 15) is 9.59 Å². The Balaban J connectivity index is 1.33. The van der Waals surface area contributed by atoms with Gasteiger partial charge in [0.2, 0.25) is 5.91 Å². The average Bonchev–Trinajstić information content (AvgIpc) is 3.23. The maximum absolute atomic E-state index is 12.5. The standard InChI is InChI=1S/C25H25N5O3S/c1-16(26-24(32)18-9-12-21(33-3)13-10-18)23-28-29-25(30(23)2)34-15-22(31)27-20-11-8-17-6-4-5-7-19(17)14-20/h4-14,16H,15H2,1-3H3,(H,26,32)(H,27,31)/t16-/m0/s1. The number of thioether (sulfide) groups is 1. The van der Waals surface area contributed by atoms with Gasteiger partial charge in [-0.1, -0.05) is 42.1 Å². The number of fused-ring (bicyclic) bond motifs is 1. The quantitative estimate of drug-likeness (QED) is 0.371. The van der Waals surface area contributed by atoms with Gasteiger partial charge < -0.3 is 19.9 Å². The van der Waals surface area contributed by atoms with Crippen LogP contribution in [-0.4, -0.2) is 39.4 Å². The number of aromatic nitrogens is 3. The highest BCUT2D eigenvalue weighted by molar-refractivity contribution is 7.99. The summed E-state index contributed by atoms with van der Waals surface area (Å²) in [5.41, 5.74) is 1.27. The van der Waals surface area contributed by atoms with E-state index in [0.29, 0.717) is 22.3 Å². The summed E-state index contributed by atoms with van der Waals surface area (Å²) >= 11 is 1.29. The minimum absolute atomic E-state index is 0.134. The first-order chi connectivity index (χ1) is 16.4. The highest BCUT2D eigenvalue weighted by Crippen LogP contribution is 2.22. The molecule has 2 amide bonds. The van der Waals surface area contributed by atoms with Crippen molar-refractivity contribution < 1.29 is 14.3 Å². The van der Waals surface area contributed by atoms with E-state index in [1.807, 2.05) is 56.4 Å². The second-order valence-electron chi connectivity index (χ2n) is 7.72. The fourth-order valence-electron chi connectivity index (χ4n) is 3.51. The van der Waals surface area contributed by atoms with Crippen molar-refractivity contribution in [3.8, 4) is 5.75 Å². The van der Waals surface area contributed by atoms with E-state index in [0.717, 1.165) is 16.5 Å². The van der Waals surface area contributed by atoms with Crippen molar-refractivity contribution in [2.45, 2.75) is 18.1 Å². The smallest absolute Gasteiger partial charge is 0.251 e. The zero-order valence-corrected chi connectivity index (χ0v) is 19.9. The van der Waals surface area contributed by atoms with Crippen molar-refractivity contribution in [2.24, 2.45) is 7.05 Å². The van der Waals surface area contributed by atoms with Gasteiger partial charge in [0.25, 0.3) is 5.91 Å². The number of carbonyl (C=O) groups excluding carboxylic acids is 2. The second-order valence-corrected chi connectivity index (χ2v) is 8.66. The Morgan fingerprint density at radius 1 is 1.03 bits per heavy atom. The molecule has 2 N–H and O–H groups in total. The van der Waals surface area contributed by atoms with Gasteiger partial charge in [-0.15, -0.1) is 10.2 Å². The van der Waals surface area contributed by atoms with Crippen molar-refractivity contribution in [1.82, 2.24) is 20.1 Å². The normalized spacial score (nSPS) is 11.7. The van der Waals surface area contributed by atoms with Gasteiger partial charge in [-0.25, -0.2) is 0 Å². The summed E-state index contributed by atoms with van der Waals surface area (Å²) in [6, 6.07) is 20.3. The molecule has 0 fully saturated rings. The number of ether oxygens (including phenoxy) is 1. The van der Waals surface area contributed by atoms with Crippen molar-refractivity contribution >= 4 is 40.0 Å². The summed E-state index contributed by atoms with van der Waals surface area (Å²) in [5.74, 6) is 1.11. The molecular weight excluding hydrogens is 450 g/mol. The minimum Gasteiger partial charge on any atom is -0.497 e. The summed E-state index contributed by atoms with van der Waals surface area (Å²) in [7, 11) is 3.39. The molecule has 1 aromatic heterocycles. The Labute approximate surface area is 201 Å². The molecule has 1 atom stereocenters. The molecule has 0 aliphatic rings. The summed E-state index contributed by atoms with van der Waals surface area (Å²) in [6.45, 7) is 1.84. The minimum atomic E-state index is -0.368. The third kappa shape index (κ3) is 5.37. The molecule has 0 saturated heterocycles. The molecule has 0 saturated carbocycles. The molecule has 0 radical (unpaired) electrons. The number of anilines is 1. The molecule has 174 valence electrons. The molecule has 4 aromatic rings. The van der Waals surface area contributed by atoms with Crippen LogP contribution in [-0.2, 0) is 11.8 Å². The van der Waals surface area contributed by atoms with Gasteiger partial charge in [0.15, 0.2) is 11.0 Å². The zero-order valence-electron chi connectivity index (χ0n) is 19.1. The molecular formula is C25H25N5O3S. The number of rotatable bonds is 8. The number of nitrogens with zero attached hydrogens (tertiary/aromatic N) is 3. The van der Waals surface area contributed by atoms with E-state index in [1.165, 1.54) is 11.8 Å². The van der Waals surface area contributed by atoms with E-state index in [-0.39, 0.29) is 23.6 Å². The Morgan fingerprint density at radius 2 is 1.76 bits per heavy atom. The number of methoxy groups -OCH3 is 1. The molecule has 0 aliphatic heterocycles. The lowest BCUT2D eigenvalue weighted by molar-refractivity contribution is -0.113. The van der Waals surface area contributed by atoms with E-state index < -0.39 is 0 Å². The largest absolute Gasteiger partial charge is 0.497 e. The first-order valence-corrected chi connectivity index (χ1v) is 11.7. The van der Waals surface area contributed by atoms with Crippen LogP contribution in [0.2, 0.25) is 0 Å². The molecule has 4 rings (SSSR count). The summed E-state index contributed by atoms with van der Waals surface area (Å²) < 4.78 is 6.91. The van der Waals surface area contributed by atoms with Gasteiger partial charge in [0.1, 0.15) is 5.75 Å². The average molecular weight is 476 g/mol. The number of carbonyl (C=O) groups is 2. The van der Waals surface area contributed by atoms with Crippen LogP contribution in [0.4, 0.5) is 5.69 Å². The van der Waals surface area contributed by atoms with Crippen molar-refractivity contribution in [3.63, 3.8) is 0 Å². The Hall–Kier alpha value is -3.85. The maximum atomic E-state index is 12.5. The Bertz CT molecular complexity index is 1320. The lowest BCUT2D eigenvalue weighted by Crippen LogP contribution is -2.28. The highest BCUT2D eigenvalue weighted by Gasteiger charge is 2.19. The number of hydrogen-bond acceptors (Lipinski definition) is 6. The number of amides is 2. The fourth-order valence-corrected chi connectivity index (χ4v) is 4.23. The van der Waals surface area contributed by atoms with Gasteiger partial charge in [0.05, 0.1) is 18.9 Å². The van der Waals surface area contributed by atoms with Gasteiger partial charge in [-0.2, -0.15) is 0 Å². The molecule has 34 heavy (non-hydrogen) atoms. The van der Waals surface area contributed by atoms with Crippen LogP contribution in [0, 0.1) is 0 Å². The molecule has 8 nitrogen and oxygen atoms in total. The zero-order chi connectivity index (χ0) is 24.1. The van der Waals surface area contributed by atoms with Crippen LogP contribution >= 0.6 is 11.8 Å². The van der Waals surface area contributed by atoms with Crippen molar-refractivity contribution in [3.05, 3.63) is 78.1 Å². The molecule has 0 aliphatic carbocycles. The summed E-state index contributed by atoms with van der Waals surface area (Å²) in [4.78, 5) is 25.0. The third-order valence-corrected chi connectivity index (χ3v) is 6.34. The first kappa shape index (κ1) is 23.3. The molecule has 1 heterocycles. The molecule has 0 spiro atoms. The van der Waals surface area contributed by atoms with Crippen LogP contribution in [0.3, 0.4) is 0 Å². The number of nitrogens with one attached hydrogen (secondary N) is 2. The van der Waals surface area contributed by atoms with Crippen LogP contribution in [0.25, 0.3) is 10.8 Å². The first-order valence-electron chi connectivity index (χ1n) is 10.7. The number of benzene rings is 3. The fraction of sp³-hybridized carbons (Fsp3) is 0.200. The lowest BCUT2D eigenvalue weighted by atomic mass is 10.1. The van der Waals surface area contributed by atoms with E-state index in [2.05, 4.69) is 20.8 Å². The predicted molar refractivity (Wildman–Crippen MR) is 133 cm³/mol. The summed E-state index contributed by atoms with van der Waals surface area (Å²) in [5, 5.41) is 17.0. The molecule has 0 unspecified atom stereocenters. The van der Waals surface area contributed by atoms with E-state index in [1.54, 1.807) is 35.9 Å². The van der Waals surface area contributed by atoms with Gasteiger partial charge in [-0.3, -0.25) is 9.59 Å². The van der Waals surface area contributed by atoms with Crippen LogP contribution < -0.4 is 15.4 Å². The topological polar surface area (TPSA) is 98.1 Å². The van der Waals surface area contributed by atoms with E-state index >= 15 is 0 Å². The lowest BCUT2D eigenvalue weighted by Gasteiger charge is -2.14. The Kier molecular flexibility index (Phi) is 7.12. The van der Waals surface area contributed by atoms with Crippen LogP contribution in [0.1, 0.15) is 29.1 Å². The summed E-state index contributed by atoms with van der Waals surface area (Å²) in [6.07, 6.45) is 0. The van der Waals surface area contributed by atoms with E-state index in [4.69, 9.17) is 4.74 Å². The highest BCUT2D eigenvalue weighted by atomic mass is 32.2. The Morgan fingerprint density at radius 3 is 2.50 bits per heavy atom. The third-order valence-electron chi connectivity index (χ3n) is 5.32. The van der Waals surface area contributed by atoms with Gasteiger partial charge in [-0.05, 0) is 54.1 Å². The van der Waals surface area contributed by atoms with Crippen molar-refractivity contribution in [1.29, 1.82) is 0 Å². The SMILES string of the molecule is COc1ccc(C(=O)N[C@@H](C)c2nnc(SCC(=O)Nc3ccc4ccccc4c3)n2C)cc1. The van der Waals surface area contributed by atoms with Gasteiger partial charge in [0, 0.05) is 18.3 Å². The monoisotopic (exact) mass is 475 g/mol. The van der Waals surface area contributed by atoms with Gasteiger partial charge >= 0.3 is 0 Å². The second kappa shape index (κ2) is 10.4. The molecule has 3 aromatic carbocycles. The molecule has 9 heteroatoms. The maximum Gasteiger partial charge on any atom is 0.251 e. The molecule has 0 bridgehead atoms. The van der Waals surface area contributed by atoms with Crippen molar-refractivity contribution in [2.75, 3.05) is 18.2 Å². The number of hydrogen-bond donors (Lipinski definition) is 2.